The molecule has 2 aliphatic rings. The molecule has 0 radical (unpaired) electrons. The van der Waals surface area contributed by atoms with Crippen molar-refractivity contribution in [3.05, 3.63) is 29.3 Å². The van der Waals surface area contributed by atoms with E-state index >= 15 is 0 Å². The second-order valence-electron chi connectivity index (χ2n) is 6.21. The van der Waals surface area contributed by atoms with Crippen molar-refractivity contribution < 1.29 is 4.74 Å². The molecule has 0 heterocycles. The lowest BCUT2D eigenvalue weighted by atomic mass is 9.43. The molecule has 1 fully saturated rings. The summed E-state index contributed by atoms with van der Waals surface area (Å²) < 4.78 is 5.36. The highest BCUT2D eigenvalue weighted by atomic mass is 16.5. The van der Waals surface area contributed by atoms with Gasteiger partial charge in [-0.05, 0) is 66.2 Å². The quantitative estimate of drug-likeness (QED) is 0.902. The van der Waals surface area contributed by atoms with Crippen molar-refractivity contribution in [3.8, 4) is 5.75 Å². The van der Waals surface area contributed by atoms with Gasteiger partial charge in [-0.1, -0.05) is 19.9 Å². The lowest BCUT2D eigenvalue weighted by molar-refractivity contribution is -0.0379. The van der Waals surface area contributed by atoms with E-state index in [1.54, 1.807) is 12.7 Å². The zero-order valence-corrected chi connectivity index (χ0v) is 12.3. The first-order valence-electron chi connectivity index (χ1n) is 7.60. The summed E-state index contributed by atoms with van der Waals surface area (Å²) in [5.41, 5.74) is 9.88. The van der Waals surface area contributed by atoms with E-state index in [0.717, 1.165) is 12.2 Å². The van der Waals surface area contributed by atoms with Gasteiger partial charge in [0, 0.05) is 6.04 Å². The summed E-state index contributed by atoms with van der Waals surface area (Å²) in [6, 6.07) is 7.02. The average molecular weight is 259 g/mol. The molecule has 1 aromatic carbocycles. The number of rotatable bonds is 3. The number of hydrogen-bond donors (Lipinski definition) is 1. The van der Waals surface area contributed by atoms with Crippen LogP contribution in [0.4, 0.5) is 0 Å². The van der Waals surface area contributed by atoms with Gasteiger partial charge in [-0.25, -0.2) is 0 Å². The minimum absolute atomic E-state index is 0.328. The third-order valence-electron chi connectivity index (χ3n) is 5.92. The summed E-state index contributed by atoms with van der Waals surface area (Å²) in [7, 11) is 1.75. The van der Waals surface area contributed by atoms with E-state index in [1.807, 2.05) is 0 Å². The van der Waals surface area contributed by atoms with Gasteiger partial charge in [0.15, 0.2) is 0 Å². The number of nitrogens with two attached hydrogens (primary N) is 1. The van der Waals surface area contributed by atoms with Crippen molar-refractivity contribution >= 4 is 0 Å². The zero-order valence-electron chi connectivity index (χ0n) is 12.3. The molecule has 19 heavy (non-hydrogen) atoms. The van der Waals surface area contributed by atoms with Crippen molar-refractivity contribution in [1.29, 1.82) is 0 Å². The Morgan fingerprint density at radius 1 is 1.32 bits per heavy atom. The molecule has 2 nitrogen and oxygen atoms in total. The normalized spacial score (nSPS) is 31.1. The Balaban J connectivity index is 2.03. The van der Waals surface area contributed by atoms with Crippen LogP contribution in [0.5, 0.6) is 5.75 Å². The second kappa shape index (κ2) is 4.52. The fourth-order valence-electron chi connectivity index (χ4n) is 4.75. The van der Waals surface area contributed by atoms with Crippen LogP contribution in [0.1, 0.15) is 50.2 Å². The number of benzene rings is 1. The van der Waals surface area contributed by atoms with Crippen LogP contribution < -0.4 is 10.5 Å². The largest absolute Gasteiger partial charge is 0.497 e. The number of hydrogen-bond acceptors (Lipinski definition) is 2. The molecule has 0 spiro atoms. The van der Waals surface area contributed by atoms with E-state index < -0.39 is 0 Å². The minimum Gasteiger partial charge on any atom is -0.497 e. The number of fused-ring (bicyclic) bond motifs is 3. The van der Waals surface area contributed by atoms with Gasteiger partial charge in [0.05, 0.1) is 7.11 Å². The van der Waals surface area contributed by atoms with Crippen LogP contribution in [0.25, 0.3) is 0 Å². The van der Waals surface area contributed by atoms with Crippen molar-refractivity contribution in [3.63, 3.8) is 0 Å². The van der Waals surface area contributed by atoms with E-state index in [0.29, 0.717) is 23.3 Å². The molecule has 104 valence electrons. The molecule has 0 bridgehead atoms. The highest BCUT2D eigenvalue weighted by molar-refractivity contribution is 5.44. The van der Waals surface area contributed by atoms with Crippen LogP contribution in [0, 0.1) is 11.3 Å². The first kappa shape index (κ1) is 13.0. The van der Waals surface area contributed by atoms with Gasteiger partial charge >= 0.3 is 0 Å². The summed E-state index contributed by atoms with van der Waals surface area (Å²) in [5, 5.41) is 0. The van der Waals surface area contributed by atoms with Gasteiger partial charge in [0.25, 0.3) is 0 Å². The van der Waals surface area contributed by atoms with E-state index in [2.05, 4.69) is 32.0 Å². The molecule has 2 heteroatoms. The Morgan fingerprint density at radius 2 is 2.05 bits per heavy atom. The maximum atomic E-state index is 6.52. The molecule has 0 aromatic heterocycles. The highest BCUT2D eigenvalue weighted by Crippen LogP contribution is 2.63. The van der Waals surface area contributed by atoms with E-state index in [1.165, 1.54) is 24.8 Å². The number of ether oxygens (including phenoxy) is 1. The molecule has 3 rings (SSSR count). The second-order valence-corrected chi connectivity index (χ2v) is 6.21. The Labute approximate surface area is 116 Å². The van der Waals surface area contributed by atoms with Crippen LogP contribution >= 0.6 is 0 Å². The monoisotopic (exact) mass is 259 g/mol. The van der Waals surface area contributed by atoms with Crippen LogP contribution in [0.2, 0.25) is 0 Å². The smallest absolute Gasteiger partial charge is 0.119 e. The Bertz CT molecular complexity index is 478. The number of aryl methyl sites for hydroxylation is 1. The predicted octanol–water partition coefficient (Wildman–Crippen LogP) is 3.49. The van der Waals surface area contributed by atoms with E-state index in [9.17, 15) is 0 Å². The van der Waals surface area contributed by atoms with Crippen molar-refractivity contribution in [2.75, 3.05) is 7.11 Å². The molecule has 0 aliphatic heterocycles. The van der Waals surface area contributed by atoms with Crippen molar-refractivity contribution in [2.24, 2.45) is 17.1 Å². The first-order valence-corrected chi connectivity index (χ1v) is 7.60. The molecule has 3 unspecified atom stereocenters. The van der Waals surface area contributed by atoms with Gasteiger partial charge in [0.2, 0.25) is 0 Å². The molecule has 0 amide bonds. The van der Waals surface area contributed by atoms with Gasteiger partial charge in [-0.3, -0.25) is 0 Å². The molecular formula is C17H25NO. The standard InChI is InChI=1S/C17H25NO/c1-4-17(5-2)15-13-9-7-12(19-3)10-11(13)6-8-14(15)16(17)18/h7,9-10,14-16H,4-6,8,18H2,1-3H3. The molecule has 1 aromatic rings. The maximum absolute atomic E-state index is 6.52. The summed E-state index contributed by atoms with van der Waals surface area (Å²) in [6.45, 7) is 4.61. The topological polar surface area (TPSA) is 35.2 Å². The fourth-order valence-corrected chi connectivity index (χ4v) is 4.75. The Hall–Kier alpha value is -1.02. The SMILES string of the molecule is CCC1(CC)C(N)C2CCc3cc(OC)ccc3C21. The van der Waals surface area contributed by atoms with Gasteiger partial charge in [0.1, 0.15) is 5.75 Å². The van der Waals surface area contributed by atoms with Crippen LogP contribution in [-0.4, -0.2) is 13.2 Å². The summed E-state index contributed by atoms with van der Waals surface area (Å²) in [4.78, 5) is 0. The van der Waals surface area contributed by atoms with Gasteiger partial charge in [-0.15, -0.1) is 0 Å². The van der Waals surface area contributed by atoms with Gasteiger partial charge in [-0.2, -0.15) is 0 Å². The zero-order chi connectivity index (χ0) is 13.6. The maximum Gasteiger partial charge on any atom is 0.119 e. The average Bonchev–Trinajstić information content (AvgIpc) is 2.47. The van der Waals surface area contributed by atoms with Gasteiger partial charge < -0.3 is 10.5 Å². The molecular weight excluding hydrogens is 234 g/mol. The molecule has 1 saturated carbocycles. The third-order valence-corrected chi connectivity index (χ3v) is 5.92. The van der Waals surface area contributed by atoms with Crippen LogP contribution in [0.15, 0.2) is 18.2 Å². The Morgan fingerprint density at radius 3 is 2.68 bits per heavy atom. The Kier molecular flexibility index (Phi) is 3.09. The van der Waals surface area contributed by atoms with Crippen LogP contribution in [0.3, 0.4) is 0 Å². The van der Waals surface area contributed by atoms with Crippen molar-refractivity contribution in [1.82, 2.24) is 0 Å². The van der Waals surface area contributed by atoms with Crippen molar-refractivity contribution in [2.45, 2.75) is 51.5 Å². The van der Waals surface area contributed by atoms with E-state index in [4.69, 9.17) is 10.5 Å². The molecule has 2 aliphatic carbocycles. The molecule has 3 atom stereocenters. The number of methoxy groups -OCH3 is 1. The molecule has 0 saturated heterocycles. The van der Waals surface area contributed by atoms with E-state index in [-0.39, 0.29) is 0 Å². The molecule has 2 N–H and O–H groups in total. The third kappa shape index (κ3) is 1.59. The fraction of sp³-hybridized carbons (Fsp3) is 0.647. The summed E-state index contributed by atoms with van der Waals surface area (Å²) >= 11 is 0. The predicted molar refractivity (Wildman–Crippen MR) is 78.5 cm³/mol. The lowest BCUT2D eigenvalue weighted by Gasteiger charge is -2.62. The summed E-state index contributed by atoms with van der Waals surface area (Å²) in [5.74, 6) is 2.35. The van der Waals surface area contributed by atoms with Crippen LogP contribution in [-0.2, 0) is 6.42 Å². The lowest BCUT2D eigenvalue weighted by Crippen LogP contribution is -2.64. The minimum atomic E-state index is 0.328. The highest BCUT2D eigenvalue weighted by Gasteiger charge is 2.59. The summed E-state index contributed by atoms with van der Waals surface area (Å²) in [6.07, 6.45) is 4.78. The first-order chi connectivity index (χ1) is 9.17.